The van der Waals surface area contributed by atoms with Crippen LogP contribution in [0.25, 0.3) is 0 Å². The van der Waals surface area contributed by atoms with Gasteiger partial charge in [-0.05, 0) is 26.0 Å². The third-order valence-electron chi connectivity index (χ3n) is 3.50. The van der Waals surface area contributed by atoms with Gasteiger partial charge in [0.1, 0.15) is 17.9 Å². The van der Waals surface area contributed by atoms with Gasteiger partial charge in [-0.3, -0.25) is 4.79 Å². The standard InChI is InChI=1S/C16H13ClN2O3/c1-9-8-19(14-5-3-4-13(17)15(14)21-9)16(20)12-6-11(7-18)22-10(12)2/h3-6,9H,8H2,1-2H3/t9-/m0/s1. The first-order valence-electron chi connectivity index (χ1n) is 6.79. The second-order valence-corrected chi connectivity index (χ2v) is 5.53. The van der Waals surface area contributed by atoms with Crippen LogP contribution in [0.4, 0.5) is 5.69 Å². The van der Waals surface area contributed by atoms with Gasteiger partial charge in [-0.2, -0.15) is 5.26 Å². The van der Waals surface area contributed by atoms with Gasteiger partial charge in [0.25, 0.3) is 5.91 Å². The molecular formula is C16H13ClN2O3. The summed E-state index contributed by atoms with van der Waals surface area (Å²) < 4.78 is 11.0. The Kier molecular flexibility index (Phi) is 3.55. The Bertz CT molecular complexity index is 791. The second-order valence-electron chi connectivity index (χ2n) is 5.12. The molecule has 6 heteroatoms. The van der Waals surface area contributed by atoms with E-state index in [1.165, 1.54) is 6.07 Å². The van der Waals surface area contributed by atoms with Crippen molar-refractivity contribution in [1.29, 1.82) is 5.26 Å². The summed E-state index contributed by atoms with van der Waals surface area (Å²) in [5.41, 5.74) is 0.992. The molecule has 0 spiro atoms. The zero-order valence-corrected chi connectivity index (χ0v) is 12.8. The van der Waals surface area contributed by atoms with Crippen LogP contribution in [0, 0.1) is 18.3 Å². The van der Waals surface area contributed by atoms with Gasteiger partial charge in [0, 0.05) is 6.07 Å². The van der Waals surface area contributed by atoms with Crippen molar-refractivity contribution in [3.63, 3.8) is 0 Å². The first-order chi connectivity index (χ1) is 10.5. The van der Waals surface area contributed by atoms with Crippen molar-refractivity contribution >= 4 is 23.2 Å². The molecule has 0 radical (unpaired) electrons. The molecule has 22 heavy (non-hydrogen) atoms. The smallest absolute Gasteiger partial charge is 0.262 e. The fourth-order valence-corrected chi connectivity index (χ4v) is 2.72. The highest BCUT2D eigenvalue weighted by atomic mass is 35.5. The number of furan rings is 1. The molecule has 2 aromatic rings. The molecule has 0 aliphatic carbocycles. The van der Waals surface area contributed by atoms with Crippen LogP contribution in [0.1, 0.15) is 28.8 Å². The number of anilines is 1. The molecule has 3 rings (SSSR count). The zero-order chi connectivity index (χ0) is 15.9. The lowest BCUT2D eigenvalue weighted by molar-refractivity contribution is 0.0959. The summed E-state index contributed by atoms with van der Waals surface area (Å²) in [5.74, 6) is 0.803. The Morgan fingerprint density at radius 2 is 2.27 bits per heavy atom. The molecule has 2 heterocycles. The van der Waals surface area contributed by atoms with Crippen LogP contribution in [-0.2, 0) is 0 Å². The number of nitrogens with zero attached hydrogens (tertiary/aromatic N) is 2. The van der Waals surface area contributed by atoms with E-state index in [9.17, 15) is 4.79 Å². The van der Waals surface area contributed by atoms with Crippen molar-refractivity contribution in [3.8, 4) is 11.8 Å². The van der Waals surface area contributed by atoms with E-state index in [2.05, 4.69) is 0 Å². The molecule has 0 unspecified atom stereocenters. The predicted octanol–water partition coefficient (Wildman–Crippen LogP) is 3.54. The molecule has 1 atom stereocenters. The van der Waals surface area contributed by atoms with E-state index in [0.717, 1.165) is 0 Å². The summed E-state index contributed by atoms with van der Waals surface area (Å²) in [6.45, 7) is 3.94. The lowest BCUT2D eigenvalue weighted by atomic mass is 10.1. The van der Waals surface area contributed by atoms with Gasteiger partial charge < -0.3 is 14.1 Å². The van der Waals surface area contributed by atoms with Crippen LogP contribution < -0.4 is 9.64 Å². The molecule has 0 N–H and O–H groups in total. The number of benzene rings is 1. The third-order valence-corrected chi connectivity index (χ3v) is 3.80. The number of carbonyl (C=O) groups is 1. The first-order valence-corrected chi connectivity index (χ1v) is 7.16. The van der Waals surface area contributed by atoms with Crippen LogP contribution in [-0.4, -0.2) is 18.6 Å². The number of nitriles is 1. The minimum absolute atomic E-state index is 0.119. The number of carbonyl (C=O) groups excluding carboxylic acids is 1. The SMILES string of the molecule is Cc1oc(C#N)cc1C(=O)N1C[C@H](C)Oc2c(Cl)cccc21. The van der Waals surface area contributed by atoms with E-state index in [-0.39, 0.29) is 17.8 Å². The number of ether oxygens (including phenoxy) is 1. The lowest BCUT2D eigenvalue weighted by Crippen LogP contribution is -2.42. The number of amides is 1. The van der Waals surface area contributed by atoms with Crippen molar-refractivity contribution in [1.82, 2.24) is 0 Å². The van der Waals surface area contributed by atoms with Crippen LogP contribution in [0.5, 0.6) is 5.75 Å². The normalized spacial score (nSPS) is 16.6. The van der Waals surface area contributed by atoms with Crippen molar-refractivity contribution in [3.05, 3.63) is 46.4 Å². The number of hydrogen-bond acceptors (Lipinski definition) is 4. The fraction of sp³-hybridized carbons (Fsp3) is 0.250. The lowest BCUT2D eigenvalue weighted by Gasteiger charge is -2.33. The summed E-state index contributed by atoms with van der Waals surface area (Å²) in [6.07, 6.45) is -0.181. The van der Waals surface area contributed by atoms with Crippen molar-refractivity contribution < 1.29 is 13.9 Å². The maximum atomic E-state index is 12.8. The van der Waals surface area contributed by atoms with E-state index in [4.69, 9.17) is 26.0 Å². The number of halogens is 1. The molecule has 1 aliphatic heterocycles. The highest BCUT2D eigenvalue weighted by molar-refractivity contribution is 6.32. The van der Waals surface area contributed by atoms with Gasteiger partial charge in [-0.15, -0.1) is 0 Å². The van der Waals surface area contributed by atoms with Crippen molar-refractivity contribution in [2.45, 2.75) is 20.0 Å². The van der Waals surface area contributed by atoms with Gasteiger partial charge in [0.15, 0.2) is 5.75 Å². The molecule has 0 fully saturated rings. The van der Waals surface area contributed by atoms with Crippen molar-refractivity contribution in [2.24, 2.45) is 0 Å². The topological polar surface area (TPSA) is 66.5 Å². The molecule has 1 aromatic heterocycles. The summed E-state index contributed by atoms with van der Waals surface area (Å²) in [4.78, 5) is 14.4. The highest BCUT2D eigenvalue weighted by Crippen LogP contribution is 2.40. The van der Waals surface area contributed by atoms with E-state index in [1.807, 2.05) is 13.0 Å². The maximum Gasteiger partial charge on any atom is 0.262 e. The Morgan fingerprint density at radius 1 is 1.50 bits per heavy atom. The van der Waals surface area contributed by atoms with Gasteiger partial charge in [0.05, 0.1) is 22.8 Å². The first kappa shape index (κ1) is 14.5. The molecule has 5 nitrogen and oxygen atoms in total. The minimum Gasteiger partial charge on any atom is -0.485 e. The molecule has 112 valence electrons. The molecule has 0 bridgehead atoms. The summed E-state index contributed by atoms with van der Waals surface area (Å²) in [6, 6.07) is 8.63. The summed E-state index contributed by atoms with van der Waals surface area (Å²) in [5, 5.41) is 9.36. The highest BCUT2D eigenvalue weighted by Gasteiger charge is 2.31. The Hall–Kier alpha value is -2.45. The predicted molar refractivity (Wildman–Crippen MR) is 81.4 cm³/mol. The number of aryl methyl sites for hydroxylation is 1. The van der Waals surface area contributed by atoms with Crippen LogP contribution in [0.3, 0.4) is 0 Å². The number of hydrogen-bond donors (Lipinski definition) is 0. The Labute approximate surface area is 132 Å². The Morgan fingerprint density at radius 3 is 2.95 bits per heavy atom. The number of fused-ring (bicyclic) bond motifs is 1. The fourth-order valence-electron chi connectivity index (χ4n) is 2.51. The monoisotopic (exact) mass is 316 g/mol. The molecule has 1 amide bonds. The van der Waals surface area contributed by atoms with Crippen LogP contribution in [0.15, 0.2) is 28.7 Å². The van der Waals surface area contributed by atoms with E-state index >= 15 is 0 Å². The molecule has 0 saturated carbocycles. The van der Waals surface area contributed by atoms with Crippen LogP contribution in [0.2, 0.25) is 5.02 Å². The molecular weight excluding hydrogens is 304 g/mol. The second kappa shape index (κ2) is 5.39. The average Bonchev–Trinajstić information content (AvgIpc) is 2.88. The third kappa shape index (κ3) is 2.32. The Balaban J connectivity index is 2.05. The molecule has 1 aromatic carbocycles. The summed E-state index contributed by atoms with van der Waals surface area (Å²) >= 11 is 6.16. The van der Waals surface area contributed by atoms with E-state index < -0.39 is 0 Å². The molecule has 0 saturated heterocycles. The largest absolute Gasteiger partial charge is 0.485 e. The van der Waals surface area contributed by atoms with Gasteiger partial charge >= 0.3 is 0 Å². The number of rotatable bonds is 1. The van der Waals surface area contributed by atoms with E-state index in [1.54, 1.807) is 30.0 Å². The summed E-state index contributed by atoms with van der Waals surface area (Å²) in [7, 11) is 0. The van der Waals surface area contributed by atoms with Gasteiger partial charge in [0.2, 0.25) is 5.76 Å². The quantitative estimate of drug-likeness (QED) is 0.807. The minimum atomic E-state index is -0.235. The van der Waals surface area contributed by atoms with E-state index in [0.29, 0.717) is 34.3 Å². The number of para-hydroxylation sites is 1. The maximum absolute atomic E-state index is 12.8. The zero-order valence-electron chi connectivity index (χ0n) is 12.1. The average molecular weight is 317 g/mol. The van der Waals surface area contributed by atoms with Crippen molar-refractivity contribution in [2.75, 3.05) is 11.4 Å². The van der Waals surface area contributed by atoms with Crippen LogP contribution >= 0.6 is 11.6 Å². The van der Waals surface area contributed by atoms with Gasteiger partial charge in [-0.1, -0.05) is 17.7 Å². The molecule has 1 aliphatic rings. The van der Waals surface area contributed by atoms with Gasteiger partial charge in [-0.25, -0.2) is 0 Å².